The van der Waals surface area contributed by atoms with Crippen molar-refractivity contribution in [3.63, 3.8) is 0 Å². The number of hydrogen-bond acceptors (Lipinski definition) is 6. The number of para-hydroxylation sites is 1. The van der Waals surface area contributed by atoms with E-state index in [1.807, 2.05) is 12.1 Å². The van der Waals surface area contributed by atoms with Crippen LogP contribution in [-0.2, 0) is 14.3 Å². The summed E-state index contributed by atoms with van der Waals surface area (Å²) in [4.78, 5) is 37.0. The Balaban J connectivity index is 1.65. The number of carbonyl (C=O) groups is 3. The van der Waals surface area contributed by atoms with E-state index < -0.39 is 23.9 Å². The number of amides is 2. The Labute approximate surface area is 191 Å². The van der Waals surface area contributed by atoms with E-state index in [2.05, 4.69) is 15.7 Å². The number of esters is 1. The number of aromatic nitrogens is 2. The van der Waals surface area contributed by atoms with Crippen LogP contribution in [0.4, 0.5) is 11.5 Å². The van der Waals surface area contributed by atoms with Gasteiger partial charge in [-0.05, 0) is 30.3 Å². The number of anilines is 2. The SMILES string of the molecule is CC(C)(C)C(=O)Nc1cccc(C(=O)OCC(=O)Nc2c(C#N)cnn2-c2ccccc2)c1. The molecule has 0 aliphatic heterocycles. The van der Waals surface area contributed by atoms with Crippen LogP contribution in [0.3, 0.4) is 0 Å². The molecule has 0 saturated heterocycles. The van der Waals surface area contributed by atoms with Crippen LogP contribution in [0.5, 0.6) is 0 Å². The van der Waals surface area contributed by atoms with Gasteiger partial charge in [-0.15, -0.1) is 0 Å². The summed E-state index contributed by atoms with van der Waals surface area (Å²) in [6.45, 7) is 4.77. The summed E-state index contributed by atoms with van der Waals surface area (Å²) >= 11 is 0. The van der Waals surface area contributed by atoms with Crippen LogP contribution in [0.1, 0.15) is 36.7 Å². The van der Waals surface area contributed by atoms with E-state index in [1.165, 1.54) is 23.0 Å². The molecule has 0 aliphatic carbocycles. The third-order valence-electron chi connectivity index (χ3n) is 4.52. The molecule has 0 saturated carbocycles. The zero-order valence-electron chi connectivity index (χ0n) is 18.5. The molecule has 0 atom stereocenters. The highest BCUT2D eigenvalue weighted by atomic mass is 16.5. The molecule has 1 aromatic heterocycles. The van der Waals surface area contributed by atoms with E-state index in [1.54, 1.807) is 57.2 Å². The van der Waals surface area contributed by atoms with Crippen LogP contribution in [0.15, 0.2) is 60.8 Å². The number of nitrogens with one attached hydrogen (secondary N) is 2. The molecule has 168 valence electrons. The van der Waals surface area contributed by atoms with Gasteiger partial charge in [0.25, 0.3) is 5.91 Å². The summed E-state index contributed by atoms with van der Waals surface area (Å²) in [6, 6.07) is 17.2. The van der Waals surface area contributed by atoms with Gasteiger partial charge < -0.3 is 15.4 Å². The van der Waals surface area contributed by atoms with E-state index in [4.69, 9.17) is 4.74 Å². The van der Waals surface area contributed by atoms with Crippen LogP contribution in [0.2, 0.25) is 0 Å². The highest BCUT2D eigenvalue weighted by Gasteiger charge is 2.22. The van der Waals surface area contributed by atoms with Gasteiger partial charge in [-0.2, -0.15) is 10.4 Å². The first-order valence-corrected chi connectivity index (χ1v) is 10.1. The van der Waals surface area contributed by atoms with Gasteiger partial charge >= 0.3 is 5.97 Å². The second kappa shape index (κ2) is 9.78. The van der Waals surface area contributed by atoms with Crippen molar-refractivity contribution < 1.29 is 19.1 Å². The topological polar surface area (TPSA) is 126 Å². The Bertz CT molecular complexity index is 1220. The minimum atomic E-state index is -0.728. The molecular weight excluding hydrogens is 422 g/mol. The monoisotopic (exact) mass is 445 g/mol. The Kier molecular flexibility index (Phi) is 6.88. The summed E-state index contributed by atoms with van der Waals surface area (Å²) in [7, 11) is 0. The average molecular weight is 445 g/mol. The fourth-order valence-electron chi connectivity index (χ4n) is 2.74. The zero-order valence-corrected chi connectivity index (χ0v) is 18.5. The largest absolute Gasteiger partial charge is 0.452 e. The summed E-state index contributed by atoms with van der Waals surface area (Å²) in [5, 5.41) is 18.8. The molecule has 0 bridgehead atoms. The molecule has 0 fully saturated rings. The third kappa shape index (κ3) is 5.83. The summed E-state index contributed by atoms with van der Waals surface area (Å²) in [5.41, 5.74) is 0.852. The molecule has 9 nitrogen and oxygen atoms in total. The quantitative estimate of drug-likeness (QED) is 0.559. The Morgan fingerprint density at radius 2 is 1.79 bits per heavy atom. The van der Waals surface area contributed by atoms with Gasteiger partial charge in [0.1, 0.15) is 11.6 Å². The molecule has 3 aromatic rings. The molecule has 0 spiro atoms. The van der Waals surface area contributed by atoms with Crippen LogP contribution >= 0.6 is 0 Å². The first-order valence-electron chi connectivity index (χ1n) is 10.1. The minimum absolute atomic E-state index is 0.167. The molecule has 2 amide bonds. The molecule has 0 radical (unpaired) electrons. The van der Waals surface area contributed by atoms with Crippen molar-refractivity contribution in [1.29, 1.82) is 5.26 Å². The van der Waals surface area contributed by atoms with Crippen molar-refractivity contribution in [3.05, 3.63) is 71.9 Å². The molecule has 33 heavy (non-hydrogen) atoms. The smallest absolute Gasteiger partial charge is 0.338 e. The standard InChI is InChI=1S/C24H23N5O4/c1-24(2,3)23(32)27-18-9-7-8-16(12-18)22(31)33-15-20(30)28-21-17(13-25)14-26-29(21)19-10-5-4-6-11-19/h4-12,14H,15H2,1-3H3,(H,27,32)(H,28,30). The predicted molar refractivity (Wildman–Crippen MR) is 122 cm³/mol. The molecule has 3 rings (SSSR count). The first-order chi connectivity index (χ1) is 15.7. The highest BCUT2D eigenvalue weighted by Crippen LogP contribution is 2.20. The number of nitrogens with zero attached hydrogens (tertiary/aromatic N) is 3. The number of carbonyl (C=O) groups excluding carboxylic acids is 3. The minimum Gasteiger partial charge on any atom is -0.452 e. The van der Waals surface area contributed by atoms with Crippen molar-refractivity contribution in [2.45, 2.75) is 20.8 Å². The third-order valence-corrected chi connectivity index (χ3v) is 4.52. The number of hydrogen-bond donors (Lipinski definition) is 2. The van der Waals surface area contributed by atoms with E-state index in [-0.39, 0.29) is 22.9 Å². The first kappa shape index (κ1) is 23.2. The molecule has 2 N–H and O–H groups in total. The van der Waals surface area contributed by atoms with Gasteiger partial charge in [0.2, 0.25) is 5.91 Å². The maximum Gasteiger partial charge on any atom is 0.338 e. The van der Waals surface area contributed by atoms with E-state index in [0.29, 0.717) is 11.4 Å². The lowest BCUT2D eigenvalue weighted by Gasteiger charge is -2.17. The zero-order chi connectivity index (χ0) is 24.0. The van der Waals surface area contributed by atoms with Crippen molar-refractivity contribution in [2.24, 2.45) is 5.41 Å². The summed E-state index contributed by atoms with van der Waals surface area (Å²) in [5.74, 6) is -1.38. The molecule has 1 heterocycles. The lowest BCUT2D eigenvalue weighted by molar-refractivity contribution is -0.123. The van der Waals surface area contributed by atoms with Crippen molar-refractivity contribution in [3.8, 4) is 11.8 Å². The van der Waals surface area contributed by atoms with Gasteiger partial charge in [0, 0.05) is 11.1 Å². The van der Waals surface area contributed by atoms with Crippen molar-refractivity contribution in [2.75, 3.05) is 17.2 Å². The Morgan fingerprint density at radius 1 is 1.06 bits per heavy atom. The number of benzene rings is 2. The van der Waals surface area contributed by atoms with Gasteiger partial charge in [-0.1, -0.05) is 45.0 Å². The Hall–Kier alpha value is -4.45. The molecule has 0 aliphatic rings. The fourth-order valence-corrected chi connectivity index (χ4v) is 2.74. The highest BCUT2D eigenvalue weighted by molar-refractivity contribution is 5.98. The second-order valence-electron chi connectivity index (χ2n) is 8.18. The van der Waals surface area contributed by atoms with Gasteiger partial charge in [0.15, 0.2) is 12.4 Å². The van der Waals surface area contributed by atoms with Gasteiger partial charge in [0.05, 0.1) is 17.4 Å². The van der Waals surface area contributed by atoms with Gasteiger partial charge in [-0.3, -0.25) is 9.59 Å². The molecule has 0 unspecified atom stereocenters. The number of nitriles is 1. The summed E-state index contributed by atoms with van der Waals surface area (Å²) in [6.07, 6.45) is 1.34. The van der Waals surface area contributed by atoms with E-state index >= 15 is 0 Å². The van der Waals surface area contributed by atoms with E-state index in [0.717, 1.165) is 0 Å². The van der Waals surface area contributed by atoms with Crippen LogP contribution in [0, 0.1) is 16.7 Å². The maximum atomic E-state index is 12.4. The fraction of sp³-hybridized carbons (Fsp3) is 0.208. The summed E-state index contributed by atoms with van der Waals surface area (Å²) < 4.78 is 6.53. The average Bonchev–Trinajstić information content (AvgIpc) is 3.20. The maximum absolute atomic E-state index is 12.4. The van der Waals surface area contributed by atoms with Crippen LogP contribution < -0.4 is 10.6 Å². The predicted octanol–water partition coefficient (Wildman–Crippen LogP) is 3.52. The van der Waals surface area contributed by atoms with Crippen molar-refractivity contribution in [1.82, 2.24) is 9.78 Å². The molecule has 9 heteroatoms. The van der Waals surface area contributed by atoms with Crippen LogP contribution in [-0.4, -0.2) is 34.2 Å². The van der Waals surface area contributed by atoms with E-state index in [9.17, 15) is 19.6 Å². The molecular formula is C24H23N5O4. The normalized spacial score (nSPS) is 10.7. The van der Waals surface area contributed by atoms with Crippen LogP contribution in [0.25, 0.3) is 5.69 Å². The Morgan fingerprint density at radius 3 is 2.45 bits per heavy atom. The second-order valence-corrected chi connectivity index (χ2v) is 8.18. The van der Waals surface area contributed by atoms with Gasteiger partial charge in [-0.25, -0.2) is 9.48 Å². The lowest BCUT2D eigenvalue weighted by atomic mass is 9.95. The number of ether oxygens (including phenoxy) is 1. The van der Waals surface area contributed by atoms with Crippen molar-refractivity contribution >= 4 is 29.3 Å². The molecule has 2 aromatic carbocycles. The number of rotatable bonds is 6. The lowest BCUT2D eigenvalue weighted by Crippen LogP contribution is -2.27.